The first-order valence-electron chi connectivity index (χ1n) is 12.3. The van der Waals surface area contributed by atoms with E-state index >= 15 is 0 Å². The van der Waals surface area contributed by atoms with Crippen LogP contribution in [0.4, 0.5) is 5.69 Å². The summed E-state index contributed by atoms with van der Waals surface area (Å²) in [6.45, 7) is 6.48. The molecule has 2 heterocycles. The first kappa shape index (κ1) is 24.6. The van der Waals surface area contributed by atoms with Crippen LogP contribution in [0.1, 0.15) is 38.1 Å². The fourth-order valence-corrected chi connectivity index (χ4v) is 7.63. The van der Waals surface area contributed by atoms with Crippen LogP contribution in [0.2, 0.25) is 0 Å². The van der Waals surface area contributed by atoms with Crippen molar-refractivity contribution in [2.45, 2.75) is 44.6 Å². The van der Waals surface area contributed by atoms with Crippen LogP contribution in [0, 0.1) is 0 Å². The summed E-state index contributed by atoms with van der Waals surface area (Å²) in [4.78, 5) is 3.81. The van der Waals surface area contributed by atoms with E-state index in [1.165, 1.54) is 59.2 Å². The predicted molar refractivity (Wildman–Crippen MR) is 149 cm³/mol. The molecular formula is C30H29IN2S2. The highest BCUT2D eigenvalue weighted by molar-refractivity contribution is 8.03. The number of para-hydroxylation sites is 1. The third-order valence-corrected chi connectivity index (χ3v) is 9.01. The van der Waals surface area contributed by atoms with E-state index < -0.39 is 0 Å². The van der Waals surface area contributed by atoms with Crippen molar-refractivity contribution >= 4 is 55.9 Å². The number of rotatable bonds is 4. The summed E-state index contributed by atoms with van der Waals surface area (Å²) in [6, 6.07) is 22.1. The molecule has 3 aromatic carbocycles. The number of halogens is 1. The normalized spacial score (nSPS) is 17.8. The van der Waals surface area contributed by atoms with Crippen molar-refractivity contribution in [3.05, 3.63) is 94.0 Å². The van der Waals surface area contributed by atoms with Gasteiger partial charge in [0.2, 0.25) is 5.52 Å². The maximum Gasteiger partial charge on any atom is 0.263 e. The summed E-state index contributed by atoms with van der Waals surface area (Å²) in [6.07, 6.45) is 10.8. The predicted octanol–water partition coefficient (Wildman–Crippen LogP) is 5.33. The van der Waals surface area contributed by atoms with Gasteiger partial charge in [-0.25, -0.2) is 0 Å². The smallest absolute Gasteiger partial charge is 0.263 e. The minimum atomic E-state index is 0. The molecule has 35 heavy (non-hydrogen) atoms. The lowest BCUT2D eigenvalue weighted by atomic mass is 9.95. The van der Waals surface area contributed by atoms with Crippen LogP contribution in [0.25, 0.3) is 27.1 Å². The monoisotopic (exact) mass is 608 g/mol. The van der Waals surface area contributed by atoms with Gasteiger partial charge in [-0.2, -0.15) is 4.57 Å². The summed E-state index contributed by atoms with van der Waals surface area (Å²) < 4.78 is 3.87. The molecule has 1 aliphatic heterocycles. The van der Waals surface area contributed by atoms with Gasteiger partial charge in [-0.05, 0) is 80.0 Å². The van der Waals surface area contributed by atoms with Gasteiger partial charge in [0.05, 0.1) is 16.1 Å². The van der Waals surface area contributed by atoms with Gasteiger partial charge >= 0.3 is 0 Å². The largest absolute Gasteiger partial charge is 1.00 e. The van der Waals surface area contributed by atoms with E-state index in [0.717, 1.165) is 25.9 Å². The molecule has 0 spiro atoms. The third kappa shape index (κ3) is 4.58. The molecule has 2 nitrogen and oxygen atoms in total. The maximum atomic E-state index is 2.50. The molecule has 6 rings (SSSR count). The second kappa shape index (κ2) is 10.5. The number of thioether (sulfide) groups is 1. The average molecular weight is 609 g/mol. The van der Waals surface area contributed by atoms with Crippen LogP contribution in [0.5, 0.6) is 0 Å². The molecular weight excluding hydrogens is 579 g/mol. The van der Waals surface area contributed by atoms with Crippen LogP contribution in [-0.2, 0) is 6.54 Å². The molecule has 2 aliphatic rings. The molecule has 4 aromatic rings. The van der Waals surface area contributed by atoms with Crippen LogP contribution in [0.3, 0.4) is 0 Å². The fraction of sp³-hybridized carbons (Fsp3) is 0.233. The van der Waals surface area contributed by atoms with Crippen molar-refractivity contribution in [1.82, 2.24) is 0 Å². The molecule has 1 aliphatic carbocycles. The number of fused-ring (bicyclic) bond motifs is 4. The Morgan fingerprint density at radius 1 is 0.943 bits per heavy atom. The minimum Gasteiger partial charge on any atom is -1.00 e. The van der Waals surface area contributed by atoms with Crippen LogP contribution in [0.15, 0.2) is 93.9 Å². The zero-order valence-corrected chi connectivity index (χ0v) is 23.9. The van der Waals surface area contributed by atoms with Gasteiger partial charge in [0, 0.05) is 17.5 Å². The van der Waals surface area contributed by atoms with Crippen LogP contribution < -0.4 is 33.4 Å². The molecule has 0 atom stereocenters. The highest BCUT2D eigenvalue weighted by Crippen LogP contribution is 2.46. The zero-order valence-electron chi connectivity index (χ0n) is 20.1. The fourth-order valence-electron chi connectivity index (χ4n) is 5.21. The summed E-state index contributed by atoms with van der Waals surface area (Å²) in [5, 5.41) is 5.38. The lowest BCUT2D eigenvalue weighted by molar-refractivity contribution is -0.664. The summed E-state index contributed by atoms with van der Waals surface area (Å²) in [7, 11) is 0. The number of hydrogen-bond acceptors (Lipinski definition) is 3. The molecule has 0 N–H and O–H groups in total. The number of allylic oxidation sites excluding steroid dienone is 4. The van der Waals surface area contributed by atoms with E-state index in [1.807, 2.05) is 23.1 Å². The van der Waals surface area contributed by atoms with E-state index in [0.29, 0.717) is 0 Å². The number of aryl methyl sites for hydroxylation is 1. The Balaban J connectivity index is 0.00000253. The van der Waals surface area contributed by atoms with E-state index in [9.17, 15) is 0 Å². The van der Waals surface area contributed by atoms with E-state index in [2.05, 4.69) is 102 Å². The summed E-state index contributed by atoms with van der Waals surface area (Å²) >= 11 is 3.82. The number of benzene rings is 3. The summed E-state index contributed by atoms with van der Waals surface area (Å²) in [5.41, 5.74) is 5.61. The Morgan fingerprint density at radius 2 is 1.77 bits per heavy atom. The molecule has 0 bridgehead atoms. The van der Waals surface area contributed by atoms with E-state index in [1.54, 1.807) is 0 Å². The molecule has 0 unspecified atom stereocenters. The molecule has 0 amide bonds. The van der Waals surface area contributed by atoms with Crippen molar-refractivity contribution in [3.63, 3.8) is 0 Å². The van der Waals surface area contributed by atoms with Gasteiger partial charge < -0.3 is 28.9 Å². The van der Waals surface area contributed by atoms with Gasteiger partial charge in [-0.1, -0.05) is 65.6 Å². The second-order valence-corrected chi connectivity index (χ2v) is 11.0. The number of hydrogen-bond donors (Lipinski definition) is 0. The first-order chi connectivity index (χ1) is 16.7. The van der Waals surface area contributed by atoms with Crippen molar-refractivity contribution in [2.24, 2.45) is 0 Å². The Hall–Kier alpha value is -2.09. The topological polar surface area (TPSA) is 7.12 Å². The lowest BCUT2D eigenvalue weighted by Gasteiger charge is -2.19. The molecule has 178 valence electrons. The summed E-state index contributed by atoms with van der Waals surface area (Å²) in [5.74, 6) is 0. The van der Waals surface area contributed by atoms with Gasteiger partial charge in [0.25, 0.3) is 5.01 Å². The standard InChI is InChI=1S/C30H29N2S2.HI/c1-3-31-25-14-7-8-15-26(25)33-28(31)19-21-10-9-11-22(18-21)20-29-32(4-2)30-24-13-6-5-12-23(24)16-17-27(30)34-29;/h5-8,12-20H,3-4,9-11H2,1-2H3;1H/q+1;/p-1. The maximum absolute atomic E-state index is 2.50. The van der Waals surface area contributed by atoms with Gasteiger partial charge in [0.1, 0.15) is 11.2 Å². The molecule has 5 heteroatoms. The lowest BCUT2D eigenvalue weighted by Crippen LogP contribution is -3.00. The van der Waals surface area contributed by atoms with Crippen molar-refractivity contribution in [3.8, 4) is 0 Å². The Morgan fingerprint density at radius 3 is 2.63 bits per heavy atom. The van der Waals surface area contributed by atoms with Gasteiger partial charge in [0.15, 0.2) is 0 Å². The average Bonchev–Trinajstić information content (AvgIpc) is 3.41. The van der Waals surface area contributed by atoms with Crippen molar-refractivity contribution < 1.29 is 28.5 Å². The van der Waals surface area contributed by atoms with Crippen molar-refractivity contribution in [2.75, 3.05) is 11.4 Å². The van der Waals surface area contributed by atoms with Crippen molar-refractivity contribution in [1.29, 1.82) is 0 Å². The molecule has 0 saturated carbocycles. The zero-order chi connectivity index (χ0) is 23.1. The molecule has 0 radical (unpaired) electrons. The molecule has 1 aromatic heterocycles. The van der Waals surface area contributed by atoms with E-state index in [-0.39, 0.29) is 24.0 Å². The minimum absolute atomic E-state index is 0. The van der Waals surface area contributed by atoms with Gasteiger partial charge in [-0.3, -0.25) is 0 Å². The Labute approximate surface area is 233 Å². The third-order valence-electron chi connectivity index (χ3n) is 6.80. The van der Waals surface area contributed by atoms with Crippen LogP contribution in [-0.4, -0.2) is 6.54 Å². The van der Waals surface area contributed by atoms with Gasteiger partial charge in [-0.15, -0.1) is 0 Å². The quantitative estimate of drug-likeness (QED) is 0.229. The first-order valence-corrected chi connectivity index (χ1v) is 13.9. The SMILES string of the molecule is CCN1/C(=C\C2=CC(=C\c3sc4ccc5ccccc5c4[n+]3CC)/CCC2)Sc2ccccc21.[I-]. The number of aromatic nitrogens is 1. The highest BCUT2D eigenvalue weighted by Gasteiger charge is 2.24. The Bertz CT molecular complexity index is 1500. The molecule has 0 fully saturated rings. The number of anilines is 1. The number of nitrogens with zero attached hydrogens (tertiary/aromatic N) is 2. The number of thiazole rings is 1. The Kier molecular flexibility index (Phi) is 7.37. The van der Waals surface area contributed by atoms with Crippen LogP contribution >= 0.6 is 23.1 Å². The molecule has 0 saturated heterocycles. The highest BCUT2D eigenvalue weighted by atomic mass is 127. The second-order valence-electron chi connectivity index (χ2n) is 8.91. The van der Waals surface area contributed by atoms with E-state index in [4.69, 9.17) is 0 Å².